The van der Waals surface area contributed by atoms with Gasteiger partial charge in [0.25, 0.3) is 5.91 Å². The highest BCUT2D eigenvalue weighted by Gasteiger charge is 2.35. The van der Waals surface area contributed by atoms with Crippen molar-refractivity contribution in [2.24, 2.45) is 11.7 Å². The van der Waals surface area contributed by atoms with Crippen LogP contribution in [0.5, 0.6) is 0 Å². The number of piperazine rings is 1. The number of aromatic nitrogens is 2. The maximum absolute atomic E-state index is 13.8. The van der Waals surface area contributed by atoms with Crippen LogP contribution in [0.1, 0.15) is 92.1 Å². The summed E-state index contributed by atoms with van der Waals surface area (Å²) in [6.45, 7) is 9.22. The van der Waals surface area contributed by atoms with Crippen LogP contribution in [0, 0.1) is 5.92 Å². The minimum absolute atomic E-state index is 0.0795. The molecule has 0 bridgehead atoms. The van der Waals surface area contributed by atoms with Gasteiger partial charge in [0.1, 0.15) is 11.7 Å². The summed E-state index contributed by atoms with van der Waals surface area (Å²) in [6, 6.07) is 18.6. The zero-order chi connectivity index (χ0) is 34.2. The van der Waals surface area contributed by atoms with Gasteiger partial charge in [-0.25, -0.2) is 0 Å². The lowest BCUT2D eigenvalue weighted by atomic mass is 9.87. The first-order valence-electron chi connectivity index (χ1n) is 17.3. The lowest BCUT2D eigenvalue weighted by molar-refractivity contribution is -0.138. The van der Waals surface area contributed by atoms with Crippen LogP contribution in [-0.2, 0) is 27.3 Å². The second-order valence-electron chi connectivity index (χ2n) is 13.3. The van der Waals surface area contributed by atoms with Gasteiger partial charge in [0.15, 0.2) is 0 Å². The fraction of sp³-hybridized carbons (Fsp3) is 0.486. The molecule has 0 spiro atoms. The highest BCUT2D eigenvalue weighted by molar-refractivity contribution is 5.97. The van der Waals surface area contributed by atoms with E-state index < -0.39 is 17.9 Å². The van der Waals surface area contributed by atoms with Gasteiger partial charge in [-0.05, 0) is 61.9 Å². The van der Waals surface area contributed by atoms with Crippen molar-refractivity contribution >= 4 is 29.3 Å². The SMILES string of the molecule is CCC(=O)N[C@H](Cc1ccc(NC(=O)[C@H](c2cc(C(N)=O)n(C(C)C)n2)C2CCCC2)cc1)C(=O)N1CCN(Cc2ccccc2)CC1. The normalized spacial score (nSPS) is 16.9. The molecule has 1 saturated carbocycles. The van der Waals surface area contributed by atoms with E-state index in [1.165, 1.54) is 5.56 Å². The maximum Gasteiger partial charge on any atom is 0.266 e. The third kappa shape index (κ3) is 8.69. The van der Waals surface area contributed by atoms with Crippen molar-refractivity contribution in [1.82, 2.24) is 24.9 Å². The molecule has 2 aliphatic rings. The van der Waals surface area contributed by atoms with Gasteiger partial charge in [0, 0.05) is 57.3 Å². The number of nitrogens with one attached hydrogen (secondary N) is 2. The van der Waals surface area contributed by atoms with E-state index in [0.717, 1.165) is 50.9 Å². The first-order chi connectivity index (χ1) is 23.1. The maximum atomic E-state index is 13.8. The molecular formula is C37H49N7O4. The molecule has 2 atom stereocenters. The number of carbonyl (C=O) groups is 4. The van der Waals surface area contributed by atoms with Crippen molar-refractivity contribution in [1.29, 1.82) is 0 Å². The molecule has 256 valence electrons. The number of rotatable bonds is 13. The molecule has 11 nitrogen and oxygen atoms in total. The molecule has 2 aromatic carbocycles. The Hall–Kier alpha value is -4.51. The van der Waals surface area contributed by atoms with E-state index in [1.54, 1.807) is 17.7 Å². The number of hydrogen-bond acceptors (Lipinski definition) is 6. The Morgan fingerprint density at radius 1 is 0.917 bits per heavy atom. The number of primary amides is 1. The number of nitrogens with two attached hydrogens (primary N) is 1. The van der Waals surface area contributed by atoms with Crippen molar-refractivity contribution in [3.05, 3.63) is 83.2 Å². The Bertz CT molecular complexity index is 1560. The molecule has 48 heavy (non-hydrogen) atoms. The number of hydrogen-bond donors (Lipinski definition) is 3. The molecule has 0 unspecified atom stereocenters. The van der Waals surface area contributed by atoms with E-state index in [9.17, 15) is 19.2 Å². The Labute approximate surface area is 283 Å². The smallest absolute Gasteiger partial charge is 0.266 e. The second kappa shape index (κ2) is 16.1. The number of nitrogens with zero attached hydrogens (tertiary/aromatic N) is 4. The van der Waals surface area contributed by atoms with Gasteiger partial charge in [-0.1, -0.05) is 62.2 Å². The van der Waals surface area contributed by atoms with Gasteiger partial charge >= 0.3 is 0 Å². The molecule has 4 amide bonds. The highest BCUT2D eigenvalue weighted by atomic mass is 16.2. The summed E-state index contributed by atoms with van der Waals surface area (Å²) in [5.41, 5.74) is 9.26. The van der Waals surface area contributed by atoms with Crippen LogP contribution in [0.25, 0.3) is 0 Å². The monoisotopic (exact) mass is 655 g/mol. The largest absolute Gasteiger partial charge is 0.364 e. The van der Waals surface area contributed by atoms with Gasteiger partial charge in [-0.3, -0.25) is 28.8 Å². The predicted octanol–water partition coefficient (Wildman–Crippen LogP) is 4.26. The molecule has 2 heterocycles. The first kappa shape index (κ1) is 34.8. The fourth-order valence-corrected chi connectivity index (χ4v) is 6.89. The lowest BCUT2D eigenvalue weighted by Gasteiger charge is -2.36. The number of amides is 4. The molecule has 1 aromatic heterocycles. The molecule has 1 aliphatic heterocycles. The summed E-state index contributed by atoms with van der Waals surface area (Å²) in [4.78, 5) is 56.3. The number of benzene rings is 2. The van der Waals surface area contributed by atoms with E-state index >= 15 is 0 Å². The molecule has 1 aliphatic carbocycles. The Kier molecular flexibility index (Phi) is 11.6. The van der Waals surface area contributed by atoms with Crippen molar-refractivity contribution < 1.29 is 19.2 Å². The van der Waals surface area contributed by atoms with Crippen LogP contribution < -0.4 is 16.4 Å². The topological polar surface area (TPSA) is 143 Å². The molecule has 11 heteroatoms. The Balaban J connectivity index is 1.24. The van der Waals surface area contributed by atoms with E-state index in [2.05, 4.69) is 32.8 Å². The summed E-state index contributed by atoms with van der Waals surface area (Å²) in [7, 11) is 0. The number of carbonyl (C=O) groups excluding carboxylic acids is 4. The van der Waals surface area contributed by atoms with E-state index in [-0.39, 0.29) is 36.1 Å². The zero-order valence-electron chi connectivity index (χ0n) is 28.4. The Morgan fingerprint density at radius 2 is 1.58 bits per heavy atom. The quantitative estimate of drug-likeness (QED) is 0.251. The summed E-state index contributed by atoms with van der Waals surface area (Å²) >= 11 is 0. The standard InChI is InChI=1S/C37H49N7O4/c1-4-33(45)40-31(37(48)43-20-18-42(19-21-43)24-27-10-6-5-7-11-27)22-26-14-16-29(17-15-26)39-36(47)34(28-12-8-9-13-28)30-23-32(35(38)46)44(41-30)25(2)3/h5-7,10-11,14-17,23,25,28,31,34H,4,8-9,12-13,18-22,24H2,1-3H3,(H2,38,46)(H,39,47)(H,40,45)/t31-,34+/m1/s1. The van der Waals surface area contributed by atoms with Gasteiger partial charge in [0.05, 0.1) is 11.6 Å². The second-order valence-corrected chi connectivity index (χ2v) is 13.3. The molecule has 3 aromatic rings. The van der Waals surface area contributed by atoms with Crippen molar-refractivity contribution in [3.63, 3.8) is 0 Å². The lowest BCUT2D eigenvalue weighted by Crippen LogP contribution is -2.55. The molecule has 1 saturated heterocycles. The minimum atomic E-state index is -0.680. The van der Waals surface area contributed by atoms with E-state index in [1.807, 2.05) is 61.2 Å². The predicted molar refractivity (Wildman–Crippen MR) is 185 cm³/mol. The van der Waals surface area contributed by atoms with Gasteiger partial charge < -0.3 is 21.3 Å². The van der Waals surface area contributed by atoms with Gasteiger partial charge in [-0.15, -0.1) is 0 Å². The zero-order valence-corrected chi connectivity index (χ0v) is 28.4. The summed E-state index contributed by atoms with van der Waals surface area (Å²) in [6.07, 6.45) is 4.56. The van der Waals surface area contributed by atoms with Crippen molar-refractivity contribution in [3.8, 4) is 0 Å². The average molecular weight is 656 g/mol. The van der Waals surface area contributed by atoms with Crippen molar-refractivity contribution in [2.45, 2.75) is 83.8 Å². The van der Waals surface area contributed by atoms with Crippen molar-refractivity contribution in [2.75, 3.05) is 31.5 Å². The Morgan fingerprint density at radius 3 is 2.17 bits per heavy atom. The summed E-state index contributed by atoms with van der Waals surface area (Å²) < 4.78 is 1.60. The summed E-state index contributed by atoms with van der Waals surface area (Å²) in [5.74, 6) is -1.38. The van der Waals surface area contributed by atoms with Crippen LogP contribution in [0.4, 0.5) is 5.69 Å². The van der Waals surface area contributed by atoms with Crippen LogP contribution in [0.3, 0.4) is 0 Å². The van der Waals surface area contributed by atoms with Crippen LogP contribution in [0.2, 0.25) is 0 Å². The van der Waals surface area contributed by atoms with Gasteiger partial charge in [-0.2, -0.15) is 5.10 Å². The van der Waals surface area contributed by atoms with Crippen LogP contribution in [-0.4, -0.2) is 75.4 Å². The molecule has 0 radical (unpaired) electrons. The van der Waals surface area contributed by atoms with Gasteiger partial charge in [0.2, 0.25) is 17.7 Å². The van der Waals surface area contributed by atoms with E-state index in [0.29, 0.717) is 36.6 Å². The third-order valence-electron chi connectivity index (χ3n) is 9.52. The highest BCUT2D eigenvalue weighted by Crippen LogP contribution is 2.38. The van der Waals surface area contributed by atoms with Crippen LogP contribution in [0.15, 0.2) is 60.7 Å². The fourth-order valence-electron chi connectivity index (χ4n) is 6.89. The average Bonchev–Trinajstić information content (AvgIpc) is 3.78. The molecule has 4 N–H and O–H groups in total. The third-order valence-corrected chi connectivity index (χ3v) is 9.52. The summed E-state index contributed by atoms with van der Waals surface area (Å²) in [5, 5.41) is 10.7. The minimum Gasteiger partial charge on any atom is -0.364 e. The molecule has 2 fully saturated rings. The first-order valence-corrected chi connectivity index (χ1v) is 17.3. The van der Waals surface area contributed by atoms with E-state index in [4.69, 9.17) is 5.73 Å². The molecule has 5 rings (SSSR count). The van der Waals surface area contributed by atoms with Crippen LogP contribution >= 0.6 is 0 Å². The number of anilines is 1. The molecular weight excluding hydrogens is 606 g/mol.